The van der Waals surface area contributed by atoms with Crippen molar-refractivity contribution in [2.75, 3.05) is 48.3 Å². The van der Waals surface area contributed by atoms with Gasteiger partial charge in [-0.15, -0.1) is 0 Å². The first-order valence-electron chi connectivity index (χ1n) is 25.7. The molecule has 6 amide bonds. The van der Waals surface area contributed by atoms with Crippen molar-refractivity contribution in [2.24, 2.45) is 0 Å². The van der Waals surface area contributed by atoms with Crippen LogP contribution >= 0.6 is 0 Å². The predicted octanol–water partition coefficient (Wildman–Crippen LogP) is 8.99. The van der Waals surface area contributed by atoms with Crippen molar-refractivity contribution in [2.45, 2.75) is 135 Å². The first-order chi connectivity index (χ1) is 37.4. The maximum atomic E-state index is 13.1. The third kappa shape index (κ3) is 14.3. The molecule has 3 aromatic carbocycles. The Morgan fingerprint density at radius 3 is 1.20 bits per heavy atom. The van der Waals surface area contributed by atoms with Crippen LogP contribution < -0.4 is 35.0 Å². The third-order valence-electron chi connectivity index (χ3n) is 13.3. The molecule has 3 aromatic heterocycles. The summed E-state index contributed by atoms with van der Waals surface area (Å²) >= 11 is 0. The van der Waals surface area contributed by atoms with Crippen LogP contribution in [0.3, 0.4) is 0 Å². The number of carbonyl (C=O) groups excluding carboxylic acids is 6. The maximum Gasteiger partial charge on any atom is 0.249 e. The second-order valence-electron chi connectivity index (χ2n) is 22.6. The van der Waals surface area contributed by atoms with Gasteiger partial charge in [-0.25, -0.2) is 17.2 Å². The number of amides is 6. The molecule has 0 unspecified atom stereocenters. The molecule has 9 rings (SSSR count). The first kappa shape index (κ1) is 59.4. The molecule has 3 saturated heterocycles. The van der Waals surface area contributed by atoms with Crippen LogP contribution in [0.2, 0.25) is 0 Å². The van der Waals surface area contributed by atoms with E-state index < -0.39 is 39.8 Å². The van der Waals surface area contributed by atoms with E-state index in [-0.39, 0.29) is 76.8 Å². The van der Waals surface area contributed by atoms with Crippen LogP contribution in [0, 0.1) is 11.6 Å². The molecule has 6 heterocycles. The average Bonchev–Trinajstić information content (AvgIpc) is 4.26. The van der Waals surface area contributed by atoms with Gasteiger partial charge >= 0.3 is 0 Å². The minimum atomic E-state index is -3.39. The smallest absolute Gasteiger partial charge is 0.249 e. The number of nitrogens with zero attached hydrogens (tertiary/aromatic N) is 7. The highest BCUT2D eigenvalue weighted by Crippen LogP contribution is 2.33. The molecule has 24 heteroatoms. The number of benzene rings is 3. The molecule has 0 spiro atoms. The Morgan fingerprint density at radius 1 is 0.537 bits per heavy atom. The SMILES string of the molecule is CC(C)(C)c1cc(NC(=O)[C@@H]2CCC(=O)N2c2ccc(F)cc2)no1.CC(C)(C)c1cc(NC(=O)[C@@H]2CCC(=O)N2c2ccc(F)cc2)on1.CN(c1ccc(N2C(=O)CC[C@H]2C(=O)Nc2cc(C(C)(C)C)on2)cc1)S(C)(=O)=O. The lowest BCUT2D eigenvalue weighted by atomic mass is 9.92. The van der Waals surface area contributed by atoms with E-state index in [2.05, 4.69) is 31.4 Å². The van der Waals surface area contributed by atoms with Crippen LogP contribution in [-0.4, -0.2) is 90.8 Å². The van der Waals surface area contributed by atoms with E-state index in [1.54, 1.807) is 42.5 Å². The fourth-order valence-electron chi connectivity index (χ4n) is 8.67. The van der Waals surface area contributed by atoms with E-state index in [1.807, 2.05) is 62.3 Å². The van der Waals surface area contributed by atoms with Crippen LogP contribution in [0.5, 0.6) is 0 Å². The molecule has 80 heavy (non-hydrogen) atoms. The summed E-state index contributed by atoms with van der Waals surface area (Å²) in [5, 5.41) is 19.8. The quantitative estimate of drug-likeness (QED) is 0.109. The summed E-state index contributed by atoms with van der Waals surface area (Å²) < 4.78 is 66.5. The summed E-state index contributed by atoms with van der Waals surface area (Å²) in [5.74, 6) is -0.194. The molecule has 3 aliphatic rings. The molecule has 3 atom stereocenters. The van der Waals surface area contributed by atoms with Gasteiger partial charge in [-0.1, -0.05) is 77.8 Å². The number of aromatic nitrogens is 3. The first-order valence-corrected chi connectivity index (χ1v) is 27.6. The number of hydrogen-bond donors (Lipinski definition) is 3. The zero-order chi connectivity index (χ0) is 58.6. The zero-order valence-corrected chi connectivity index (χ0v) is 47.2. The van der Waals surface area contributed by atoms with Crippen molar-refractivity contribution in [3.63, 3.8) is 0 Å². The van der Waals surface area contributed by atoms with E-state index in [4.69, 9.17) is 13.6 Å². The highest BCUT2D eigenvalue weighted by atomic mass is 32.2. The largest absolute Gasteiger partial charge is 0.359 e. The summed E-state index contributed by atoms with van der Waals surface area (Å²) in [4.78, 5) is 79.1. The molecular weight excluding hydrogens is 1060 g/mol. The highest BCUT2D eigenvalue weighted by Gasteiger charge is 2.40. The van der Waals surface area contributed by atoms with E-state index in [1.165, 1.54) is 70.3 Å². The second kappa shape index (κ2) is 23.6. The van der Waals surface area contributed by atoms with Crippen LogP contribution in [0.1, 0.15) is 118 Å². The van der Waals surface area contributed by atoms with Crippen molar-refractivity contribution < 1.29 is 59.5 Å². The van der Waals surface area contributed by atoms with Gasteiger partial charge in [0.05, 0.1) is 17.6 Å². The molecule has 0 saturated carbocycles. The van der Waals surface area contributed by atoms with Crippen molar-refractivity contribution in [3.8, 4) is 0 Å². The van der Waals surface area contributed by atoms with Gasteiger partial charge in [-0.3, -0.25) is 53.1 Å². The zero-order valence-electron chi connectivity index (χ0n) is 46.4. The summed E-state index contributed by atoms with van der Waals surface area (Å²) in [6.45, 7) is 17.8. The Kier molecular flexibility index (Phi) is 17.5. The lowest BCUT2D eigenvalue weighted by Gasteiger charge is -2.24. The predicted molar refractivity (Wildman–Crippen MR) is 296 cm³/mol. The molecule has 426 valence electrons. The lowest BCUT2D eigenvalue weighted by molar-refractivity contribution is -0.120. The minimum absolute atomic E-state index is 0.165. The van der Waals surface area contributed by atoms with Crippen molar-refractivity contribution in [1.29, 1.82) is 0 Å². The third-order valence-corrected chi connectivity index (χ3v) is 14.5. The summed E-state index contributed by atoms with van der Waals surface area (Å²) in [6.07, 6.45) is 3.05. The van der Waals surface area contributed by atoms with Gasteiger partial charge in [-0.05, 0) is 92.1 Å². The summed E-state index contributed by atoms with van der Waals surface area (Å²) in [6, 6.07) is 20.5. The molecular formula is C56H66F2N10O11S. The van der Waals surface area contributed by atoms with Crippen LogP contribution in [-0.2, 0) is 55.0 Å². The van der Waals surface area contributed by atoms with Gasteiger partial charge in [0.15, 0.2) is 11.6 Å². The maximum absolute atomic E-state index is 13.1. The van der Waals surface area contributed by atoms with Gasteiger partial charge in [-0.2, -0.15) is 0 Å². The standard InChI is InChI=1S/C20H26N4O5S.2C18H20FN3O3/c1-20(2,3)16-12-17(22-29-16)21-19(26)15-10-11-18(25)24(15)14-8-6-13(7-9-14)23(4)30(5,27)28;1-18(2,3)14-10-15(21-25-14)20-17(24)13-8-9-16(23)22(13)12-6-4-11(19)5-7-12;1-18(2,3)14-10-15(25-21-14)20-17(24)13-8-9-16(23)22(13)12-6-4-11(19)5-7-12/h6-9,12,15H,10-11H2,1-5H3,(H,21,22,26);4-7,10,13H,8-9H2,1-3H3,(H,20,21,24);4-7,10,13H,8-9H2,1-3H3,(H,20,24)/t15-;2*13-/m000/s1. The molecule has 6 aromatic rings. The monoisotopic (exact) mass is 1120 g/mol. The Bertz CT molecular complexity index is 3200. The Labute approximate surface area is 462 Å². The van der Waals surface area contributed by atoms with Gasteiger partial charge < -0.3 is 24.2 Å². The van der Waals surface area contributed by atoms with E-state index in [9.17, 15) is 46.0 Å². The summed E-state index contributed by atoms with van der Waals surface area (Å²) in [7, 11) is -1.94. The fraction of sp³-hybridized carbons (Fsp3) is 0.411. The van der Waals surface area contributed by atoms with Crippen LogP contribution in [0.15, 0.2) is 105 Å². The van der Waals surface area contributed by atoms with Gasteiger partial charge in [0, 0.05) is 77.8 Å². The molecule has 0 radical (unpaired) electrons. The number of hydrogen-bond acceptors (Lipinski definition) is 14. The van der Waals surface area contributed by atoms with Crippen LogP contribution in [0.25, 0.3) is 0 Å². The van der Waals surface area contributed by atoms with Gasteiger partial charge in [0.25, 0.3) is 0 Å². The number of carbonyl (C=O) groups is 6. The highest BCUT2D eigenvalue weighted by molar-refractivity contribution is 7.92. The molecule has 3 aliphatic heterocycles. The molecule has 0 bridgehead atoms. The number of anilines is 7. The van der Waals surface area contributed by atoms with Crippen LogP contribution in [0.4, 0.5) is 49.1 Å². The molecule has 3 N–H and O–H groups in total. The van der Waals surface area contributed by atoms with E-state index >= 15 is 0 Å². The molecule has 0 aliphatic carbocycles. The van der Waals surface area contributed by atoms with E-state index in [0.29, 0.717) is 65.2 Å². The number of nitrogens with one attached hydrogen (secondary N) is 3. The average molecular weight is 1130 g/mol. The van der Waals surface area contributed by atoms with Crippen molar-refractivity contribution in [1.82, 2.24) is 15.5 Å². The summed E-state index contributed by atoms with van der Waals surface area (Å²) in [5.41, 5.74) is 2.05. The molecule has 3 fully saturated rings. The fourth-order valence-corrected chi connectivity index (χ4v) is 9.18. The number of halogens is 2. The Hall–Kier alpha value is -8.28. The minimum Gasteiger partial charge on any atom is -0.359 e. The molecule has 21 nitrogen and oxygen atoms in total. The Morgan fingerprint density at radius 2 is 0.887 bits per heavy atom. The van der Waals surface area contributed by atoms with Crippen molar-refractivity contribution in [3.05, 3.63) is 120 Å². The second-order valence-corrected chi connectivity index (χ2v) is 24.6. The lowest BCUT2D eigenvalue weighted by Crippen LogP contribution is -2.41. The Balaban J connectivity index is 0.000000174. The van der Waals surface area contributed by atoms with Gasteiger partial charge in [0.1, 0.15) is 41.3 Å². The normalized spacial score (nSPS) is 17.6. The van der Waals surface area contributed by atoms with Crippen molar-refractivity contribution >= 4 is 85.7 Å². The van der Waals surface area contributed by atoms with Gasteiger partial charge in [0.2, 0.25) is 51.4 Å². The topological polar surface area (TPSA) is 264 Å². The van der Waals surface area contributed by atoms with E-state index in [0.717, 1.165) is 16.3 Å². The number of sulfonamides is 1. The number of rotatable bonds is 11.